The van der Waals surface area contributed by atoms with E-state index in [1.165, 1.54) is 0 Å². The third kappa shape index (κ3) is 3.30. The first-order valence-electron chi connectivity index (χ1n) is 7.54. The van der Waals surface area contributed by atoms with Gasteiger partial charge in [-0.1, -0.05) is 48.2 Å². The van der Waals surface area contributed by atoms with Gasteiger partial charge in [0.1, 0.15) is 0 Å². The minimum Gasteiger partial charge on any atom is -0.392 e. The molecule has 1 heterocycles. The molecule has 3 aromatic rings. The van der Waals surface area contributed by atoms with Gasteiger partial charge in [-0.3, -0.25) is 9.36 Å². The molecule has 0 aliphatic rings. The van der Waals surface area contributed by atoms with Crippen molar-refractivity contribution in [2.75, 3.05) is 0 Å². The predicted molar refractivity (Wildman–Crippen MR) is 93.6 cm³/mol. The smallest absolute Gasteiger partial charge is 0.262 e. The highest BCUT2D eigenvalue weighted by molar-refractivity contribution is 7.98. The molecule has 0 fully saturated rings. The molecule has 1 N–H and O–H groups in total. The number of aromatic nitrogens is 2. The molecule has 0 radical (unpaired) electrons. The van der Waals surface area contributed by atoms with Gasteiger partial charge in [-0.25, -0.2) is 4.98 Å². The Balaban J connectivity index is 1.91. The average Bonchev–Trinajstić information content (AvgIpc) is 2.60. The Morgan fingerprint density at radius 3 is 2.48 bits per heavy atom. The molecular weight excluding hydrogens is 308 g/mol. The summed E-state index contributed by atoms with van der Waals surface area (Å²) < 4.78 is 1.72. The molecule has 5 heteroatoms. The molecule has 3 rings (SSSR count). The van der Waals surface area contributed by atoms with Gasteiger partial charge in [0.15, 0.2) is 5.16 Å². The van der Waals surface area contributed by atoms with Crippen molar-refractivity contribution in [3.05, 3.63) is 70.0 Å². The maximum absolute atomic E-state index is 12.6. The lowest BCUT2D eigenvalue weighted by atomic mass is 10.2. The zero-order valence-corrected chi connectivity index (χ0v) is 13.7. The molecule has 0 amide bonds. The van der Waals surface area contributed by atoms with Gasteiger partial charge in [0.2, 0.25) is 0 Å². The van der Waals surface area contributed by atoms with Crippen LogP contribution in [0.2, 0.25) is 0 Å². The summed E-state index contributed by atoms with van der Waals surface area (Å²) >= 11 is 1.56. The molecule has 23 heavy (non-hydrogen) atoms. The summed E-state index contributed by atoms with van der Waals surface area (Å²) in [6.45, 7) is 2.61. The van der Waals surface area contributed by atoms with E-state index in [9.17, 15) is 4.79 Å². The van der Waals surface area contributed by atoms with E-state index in [-0.39, 0.29) is 12.2 Å². The Hall–Kier alpha value is -2.11. The molecule has 2 aromatic carbocycles. The molecule has 0 saturated carbocycles. The Labute approximate surface area is 138 Å². The van der Waals surface area contributed by atoms with Crippen molar-refractivity contribution in [3.8, 4) is 0 Å². The van der Waals surface area contributed by atoms with Crippen LogP contribution < -0.4 is 5.56 Å². The number of hydrogen-bond donors (Lipinski definition) is 1. The summed E-state index contributed by atoms with van der Waals surface area (Å²) in [7, 11) is 0. The van der Waals surface area contributed by atoms with E-state index in [0.29, 0.717) is 11.9 Å². The lowest BCUT2D eigenvalue weighted by Gasteiger charge is -2.11. The normalized spacial score (nSPS) is 11.0. The number of nitrogens with zero attached hydrogens (tertiary/aromatic N) is 2. The SMILES string of the molecule is CCn1c(SCc2ccc(CO)cc2)nc2ccccc2c1=O. The Morgan fingerprint density at radius 1 is 1.09 bits per heavy atom. The quantitative estimate of drug-likeness (QED) is 0.578. The maximum atomic E-state index is 12.6. The summed E-state index contributed by atoms with van der Waals surface area (Å²) in [5, 5.41) is 10.5. The van der Waals surface area contributed by atoms with E-state index in [2.05, 4.69) is 4.98 Å². The molecule has 0 saturated heterocycles. The zero-order valence-electron chi connectivity index (χ0n) is 12.9. The first-order valence-corrected chi connectivity index (χ1v) is 8.52. The number of benzene rings is 2. The number of para-hydroxylation sites is 1. The van der Waals surface area contributed by atoms with Gasteiger partial charge in [0.25, 0.3) is 5.56 Å². The summed E-state index contributed by atoms with van der Waals surface area (Å²) in [5.41, 5.74) is 2.78. The van der Waals surface area contributed by atoms with Crippen LogP contribution >= 0.6 is 11.8 Å². The van der Waals surface area contributed by atoms with Gasteiger partial charge >= 0.3 is 0 Å². The standard InChI is InChI=1S/C18H18N2O2S/c1-2-20-17(22)15-5-3-4-6-16(15)19-18(20)23-12-14-9-7-13(11-21)8-10-14/h3-10,21H,2,11-12H2,1H3. The fraction of sp³-hybridized carbons (Fsp3) is 0.222. The Morgan fingerprint density at radius 2 is 1.78 bits per heavy atom. The van der Waals surface area contributed by atoms with Crippen molar-refractivity contribution in [1.29, 1.82) is 0 Å². The van der Waals surface area contributed by atoms with E-state index >= 15 is 0 Å². The third-order valence-electron chi connectivity index (χ3n) is 3.72. The fourth-order valence-corrected chi connectivity index (χ4v) is 3.44. The number of hydrogen-bond acceptors (Lipinski definition) is 4. The van der Waals surface area contributed by atoms with Crippen molar-refractivity contribution in [2.45, 2.75) is 31.0 Å². The Kier molecular flexibility index (Phi) is 4.79. The second kappa shape index (κ2) is 6.98. The van der Waals surface area contributed by atoms with Gasteiger partial charge < -0.3 is 5.11 Å². The van der Waals surface area contributed by atoms with Crippen LogP contribution in [0.1, 0.15) is 18.1 Å². The molecule has 0 spiro atoms. The zero-order chi connectivity index (χ0) is 16.2. The van der Waals surface area contributed by atoms with Crippen molar-refractivity contribution in [1.82, 2.24) is 9.55 Å². The van der Waals surface area contributed by atoms with Crippen molar-refractivity contribution < 1.29 is 5.11 Å². The van der Waals surface area contributed by atoms with Crippen molar-refractivity contribution in [3.63, 3.8) is 0 Å². The van der Waals surface area contributed by atoms with E-state index in [1.807, 2.05) is 55.5 Å². The monoisotopic (exact) mass is 326 g/mol. The highest BCUT2D eigenvalue weighted by Crippen LogP contribution is 2.22. The van der Waals surface area contributed by atoms with Crippen LogP contribution in [-0.2, 0) is 18.9 Å². The van der Waals surface area contributed by atoms with E-state index < -0.39 is 0 Å². The minimum atomic E-state index is 0.0104. The third-order valence-corrected chi connectivity index (χ3v) is 4.76. The molecule has 1 aromatic heterocycles. The van der Waals surface area contributed by atoms with Crippen LogP contribution in [0.4, 0.5) is 0 Å². The topological polar surface area (TPSA) is 55.1 Å². The fourth-order valence-electron chi connectivity index (χ4n) is 2.43. The van der Waals surface area contributed by atoms with Crippen LogP contribution in [0.3, 0.4) is 0 Å². The van der Waals surface area contributed by atoms with Crippen LogP contribution in [0.15, 0.2) is 58.5 Å². The molecule has 0 aliphatic carbocycles. The molecular formula is C18H18N2O2S. The number of rotatable bonds is 5. The summed E-state index contributed by atoms with van der Waals surface area (Å²) in [6.07, 6.45) is 0. The van der Waals surface area contributed by atoms with E-state index in [4.69, 9.17) is 5.11 Å². The molecule has 0 aliphatic heterocycles. The first kappa shape index (κ1) is 15.8. The van der Waals surface area contributed by atoms with Gasteiger partial charge in [0.05, 0.1) is 17.5 Å². The Bertz CT molecular complexity index is 872. The summed E-state index contributed by atoms with van der Waals surface area (Å²) in [4.78, 5) is 17.2. The van der Waals surface area contributed by atoms with Crippen LogP contribution in [0, 0.1) is 0 Å². The van der Waals surface area contributed by atoms with E-state index in [1.54, 1.807) is 16.3 Å². The largest absolute Gasteiger partial charge is 0.392 e. The molecule has 4 nitrogen and oxygen atoms in total. The van der Waals surface area contributed by atoms with Crippen molar-refractivity contribution in [2.24, 2.45) is 0 Å². The molecule has 0 bridgehead atoms. The molecule has 118 valence electrons. The lowest BCUT2D eigenvalue weighted by Crippen LogP contribution is -2.22. The molecule has 0 unspecified atom stereocenters. The van der Waals surface area contributed by atoms with E-state index in [0.717, 1.165) is 27.6 Å². The molecule has 0 atom stereocenters. The summed E-state index contributed by atoms with van der Waals surface area (Å²) in [6, 6.07) is 15.3. The van der Waals surface area contributed by atoms with Crippen LogP contribution in [0.5, 0.6) is 0 Å². The highest BCUT2D eigenvalue weighted by atomic mass is 32.2. The van der Waals surface area contributed by atoms with Gasteiger partial charge in [-0.2, -0.15) is 0 Å². The summed E-state index contributed by atoms with van der Waals surface area (Å²) in [5.74, 6) is 0.733. The highest BCUT2D eigenvalue weighted by Gasteiger charge is 2.10. The predicted octanol–water partition coefficient (Wildman–Crippen LogP) is 3.20. The number of fused-ring (bicyclic) bond motifs is 1. The van der Waals surface area contributed by atoms with Crippen LogP contribution in [0.25, 0.3) is 10.9 Å². The second-order valence-electron chi connectivity index (χ2n) is 5.22. The van der Waals surface area contributed by atoms with Crippen LogP contribution in [-0.4, -0.2) is 14.7 Å². The number of thioether (sulfide) groups is 1. The minimum absolute atomic E-state index is 0.0104. The lowest BCUT2D eigenvalue weighted by molar-refractivity contribution is 0.282. The van der Waals surface area contributed by atoms with Gasteiger partial charge in [-0.15, -0.1) is 0 Å². The number of aliphatic hydroxyl groups excluding tert-OH is 1. The second-order valence-corrected chi connectivity index (χ2v) is 6.17. The van der Waals surface area contributed by atoms with Gasteiger partial charge in [-0.05, 0) is 30.2 Å². The number of aliphatic hydroxyl groups is 1. The van der Waals surface area contributed by atoms with Crippen molar-refractivity contribution >= 4 is 22.7 Å². The average molecular weight is 326 g/mol. The van der Waals surface area contributed by atoms with Gasteiger partial charge in [0, 0.05) is 12.3 Å². The first-order chi connectivity index (χ1) is 11.2. The maximum Gasteiger partial charge on any atom is 0.262 e.